The fourth-order valence-electron chi connectivity index (χ4n) is 5.13. The second-order valence-corrected chi connectivity index (χ2v) is 12.1. The van der Waals surface area contributed by atoms with Gasteiger partial charge in [-0.05, 0) is 83.8 Å². The van der Waals surface area contributed by atoms with E-state index < -0.39 is 50.9 Å². The van der Waals surface area contributed by atoms with Crippen LogP contribution in [0.3, 0.4) is 0 Å². The molecule has 0 amide bonds. The van der Waals surface area contributed by atoms with Gasteiger partial charge in [-0.3, -0.25) is 0 Å². The van der Waals surface area contributed by atoms with Crippen LogP contribution in [0.5, 0.6) is 11.5 Å². The summed E-state index contributed by atoms with van der Waals surface area (Å²) in [5, 5.41) is -6.98. The molecule has 0 fully saturated rings. The van der Waals surface area contributed by atoms with Crippen molar-refractivity contribution in [2.24, 2.45) is 0 Å². The predicted octanol–water partition coefficient (Wildman–Crippen LogP) is 9.00. The van der Waals surface area contributed by atoms with E-state index in [2.05, 4.69) is 4.18 Å². The van der Waals surface area contributed by atoms with E-state index in [-0.39, 0.29) is 5.92 Å². The molecule has 15 heteroatoms. The lowest BCUT2D eigenvalue weighted by Crippen LogP contribution is -2.63. The van der Waals surface area contributed by atoms with Gasteiger partial charge >= 0.3 is 33.4 Å². The summed E-state index contributed by atoms with van der Waals surface area (Å²) in [6, 6.07) is 15.1. The number of unbranched alkanes of at least 4 members (excludes halogenated alkanes) is 1. The van der Waals surface area contributed by atoms with E-state index in [0.29, 0.717) is 30.8 Å². The third-order valence-corrected chi connectivity index (χ3v) is 8.81. The molecule has 0 saturated heterocycles. The van der Waals surface area contributed by atoms with Gasteiger partial charge < -0.3 is 8.92 Å². The molecule has 0 bridgehead atoms. The Morgan fingerprint density at radius 1 is 0.778 bits per heavy atom. The van der Waals surface area contributed by atoms with Gasteiger partial charge in [-0.2, -0.15) is 47.9 Å². The molecule has 0 saturated carbocycles. The summed E-state index contributed by atoms with van der Waals surface area (Å²) in [7, 11) is -7.09. The normalized spacial score (nSPS) is 17.9. The minimum atomic E-state index is -7.41. The predicted molar refractivity (Wildman–Crippen MR) is 143 cm³/mol. The first-order valence-electron chi connectivity index (χ1n) is 13.6. The topological polar surface area (TPSA) is 52.6 Å². The van der Waals surface area contributed by atoms with Crippen LogP contribution in [0.4, 0.5) is 43.9 Å². The van der Waals surface area contributed by atoms with Gasteiger partial charge in [0.15, 0.2) is 0 Å². The number of benzene rings is 3. The van der Waals surface area contributed by atoms with Crippen molar-refractivity contribution >= 4 is 10.1 Å². The van der Waals surface area contributed by atoms with Gasteiger partial charge in [0.25, 0.3) is 0 Å². The third kappa shape index (κ3) is 6.45. The van der Waals surface area contributed by atoms with Crippen LogP contribution in [0.1, 0.15) is 60.3 Å². The summed E-state index contributed by atoms with van der Waals surface area (Å²) in [5.74, 6) is -16.5. The van der Waals surface area contributed by atoms with Crippen molar-refractivity contribution in [3.05, 3.63) is 94.8 Å². The molecule has 3 aromatic rings. The smallest absolute Gasteiger partial charge is 0.460 e. The average molecular weight is 673 g/mol. The molecule has 0 radical (unpaired) electrons. The van der Waals surface area contributed by atoms with Crippen LogP contribution < -0.4 is 8.92 Å². The van der Waals surface area contributed by atoms with Gasteiger partial charge in [0, 0.05) is 5.92 Å². The summed E-state index contributed by atoms with van der Waals surface area (Å²) >= 11 is 0. The van der Waals surface area contributed by atoms with E-state index in [1.807, 2.05) is 19.1 Å². The highest BCUT2D eigenvalue weighted by Crippen LogP contribution is 2.55. The lowest BCUT2D eigenvalue weighted by Gasteiger charge is -2.35. The molecular weight excluding hydrogens is 646 g/mol. The Bertz CT molecular complexity index is 1590. The molecule has 0 heterocycles. The van der Waals surface area contributed by atoms with Crippen molar-refractivity contribution in [1.82, 2.24) is 0 Å². The number of aryl methyl sites for hydroxylation is 1. The standard InChI is InChI=1S/C30H26F10O4S/c1-2-3-16-43-23-13-15-25-20(17-23)8-14-24(18-4-9-21(31)10-5-18)26(25)19-6-11-22(12-7-19)44-45(41,42)30(39,40)28(34,35)27(32,33)29(36,37)38/h4-7,9-13,15,17,24,26H,2-3,8,14,16H2,1H3/t24-,26+/m1/s1. The van der Waals surface area contributed by atoms with E-state index in [9.17, 15) is 52.3 Å². The Kier molecular flexibility index (Phi) is 9.45. The molecule has 45 heavy (non-hydrogen) atoms. The van der Waals surface area contributed by atoms with Crippen molar-refractivity contribution in [3.63, 3.8) is 0 Å². The second-order valence-electron chi connectivity index (χ2n) is 10.5. The van der Waals surface area contributed by atoms with E-state index in [1.54, 1.807) is 18.2 Å². The zero-order valence-electron chi connectivity index (χ0n) is 23.4. The number of alkyl halides is 9. The minimum absolute atomic E-state index is 0.270. The summed E-state index contributed by atoms with van der Waals surface area (Å²) in [6.45, 7) is 2.51. The Morgan fingerprint density at radius 2 is 1.36 bits per heavy atom. The van der Waals surface area contributed by atoms with E-state index in [1.165, 1.54) is 24.3 Å². The van der Waals surface area contributed by atoms with Crippen molar-refractivity contribution in [2.75, 3.05) is 6.61 Å². The molecule has 0 N–H and O–H groups in total. The largest absolute Gasteiger partial charge is 0.494 e. The molecule has 3 aromatic carbocycles. The number of rotatable bonds is 11. The first kappa shape index (κ1) is 34.4. The molecule has 0 unspecified atom stereocenters. The molecule has 2 atom stereocenters. The van der Waals surface area contributed by atoms with Crippen molar-refractivity contribution in [1.29, 1.82) is 0 Å². The first-order valence-corrected chi connectivity index (χ1v) is 15.0. The molecule has 1 aliphatic carbocycles. The molecular formula is C30H26F10O4S. The van der Waals surface area contributed by atoms with Crippen LogP contribution in [0.15, 0.2) is 66.7 Å². The van der Waals surface area contributed by atoms with Gasteiger partial charge in [-0.15, -0.1) is 0 Å². The lowest BCUT2D eigenvalue weighted by molar-refractivity contribution is -0.382. The minimum Gasteiger partial charge on any atom is -0.494 e. The Labute approximate surface area is 252 Å². The molecule has 4 nitrogen and oxygen atoms in total. The maximum absolute atomic E-state index is 14.1. The Hall–Kier alpha value is -3.49. The highest BCUT2D eigenvalue weighted by Gasteiger charge is 2.86. The van der Waals surface area contributed by atoms with Crippen LogP contribution in [0, 0.1) is 5.82 Å². The van der Waals surface area contributed by atoms with Gasteiger partial charge in [-0.1, -0.05) is 43.7 Å². The van der Waals surface area contributed by atoms with Crippen LogP contribution in [-0.2, 0) is 16.5 Å². The highest BCUT2D eigenvalue weighted by atomic mass is 32.2. The summed E-state index contributed by atoms with van der Waals surface area (Å²) in [6.07, 6.45) is -4.28. The number of hydrogen-bond acceptors (Lipinski definition) is 4. The zero-order chi connectivity index (χ0) is 33.4. The molecule has 1 aliphatic rings. The molecule has 4 rings (SSSR count). The summed E-state index contributed by atoms with van der Waals surface area (Å²) < 4.78 is 167. The van der Waals surface area contributed by atoms with Crippen molar-refractivity contribution < 1.29 is 61.2 Å². The molecule has 0 aromatic heterocycles. The van der Waals surface area contributed by atoms with Gasteiger partial charge in [0.05, 0.1) is 6.61 Å². The highest BCUT2D eigenvalue weighted by molar-refractivity contribution is 7.88. The van der Waals surface area contributed by atoms with Crippen LogP contribution in [0.2, 0.25) is 0 Å². The monoisotopic (exact) mass is 672 g/mol. The van der Waals surface area contributed by atoms with Crippen LogP contribution in [0.25, 0.3) is 0 Å². The van der Waals surface area contributed by atoms with E-state index >= 15 is 0 Å². The number of hydrogen-bond donors (Lipinski definition) is 0. The van der Waals surface area contributed by atoms with E-state index in [4.69, 9.17) is 4.74 Å². The lowest BCUT2D eigenvalue weighted by atomic mass is 9.69. The summed E-state index contributed by atoms with van der Waals surface area (Å²) in [5.41, 5.74) is 2.91. The van der Waals surface area contributed by atoms with E-state index in [0.717, 1.165) is 41.7 Å². The average Bonchev–Trinajstić information content (AvgIpc) is 2.96. The van der Waals surface area contributed by atoms with Crippen LogP contribution >= 0.6 is 0 Å². The maximum Gasteiger partial charge on any atom is 0.460 e. The quantitative estimate of drug-likeness (QED) is 0.116. The molecule has 246 valence electrons. The second kappa shape index (κ2) is 12.4. The fraction of sp³-hybridized carbons (Fsp3) is 0.400. The maximum atomic E-state index is 14.1. The van der Waals surface area contributed by atoms with Gasteiger partial charge in [0.2, 0.25) is 0 Å². The van der Waals surface area contributed by atoms with Crippen LogP contribution in [-0.4, -0.2) is 38.3 Å². The summed E-state index contributed by atoms with van der Waals surface area (Å²) in [4.78, 5) is 0. The SMILES string of the molecule is CCCCOc1ccc2c(c1)CC[C@H](c1ccc(F)cc1)[C@@H]2c1ccc(OS(=O)(=O)C(F)(F)C(F)(F)C(F)(F)C(F)(F)F)cc1. The molecule has 0 spiro atoms. The third-order valence-electron chi connectivity index (χ3n) is 7.52. The first-order chi connectivity index (χ1) is 20.8. The fourth-order valence-corrected chi connectivity index (χ4v) is 6.04. The Balaban J connectivity index is 1.67. The number of ether oxygens (including phenoxy) is 1. The zero-order valence-corrected chi connectivity index (χ0v) is 24.2. The van der Waals surface area contributed by atoms with Gasteiger partial charge in [0.1, 0.15) is 17.3 Å². The van der Waals surface area contributed by atoms with Gasteiger partial charge in [-0.25, -0.2) is 4.39 Å². The Morgan fingerprint density at radius 3 is 1.93 bits per heavy atom. The van der Waals surface area contributed by atoms with Crippen molar-refractivity contribution in [2.45, 2.75) is 67.7 Å². The number of halogens is 10. The number of fused-ring (bicyclic) bond motifs is 1. The molecule has 0 aliphatic heterocycles. The van der Waals surface area contributed by atoms with Crippen molar-refractivity contribution in [3.8, 4) is 11.5 Å².